The molecule has 7 nitrogen and oxygen atoms in total. The van der Waals surface area contributed by atoms with Crippen LogP contribution in [0.2, 0.25) is 0 Å². The van der Waals surface area contributed by atoms with Crippen molar-refractivity contribution in [3.63, 3.8) is 0 Å². The predicted octanol–water partition coefficient (Wildman–Crippen LogP) is -3.44. The second-order valence-corrected chi connectivity index (χ2v) is 4.60. The number of hydrogen-bond donors (Lipinski definition) is 1. The summed E-state index contributed by atoms with van der Waals surface area (Å²) in [4.78, 5) is 28.0. The topological polar surface area (TPSA) is 104 Å². The van der Waals surface area contributed by atoms with E-state index in [0.29, 0.717) is 4.77 Å². The molecule has 0 aliphatic carbocycles. The van der Waals surface area contributed by atoms with Crippen molar-refractivity contribution < 1.29 is 119 Å². The summed E-state index contributed by atoms with van der Waals surface area (Å²) in [6.07, 6.45) is 5.43. The first-order valence-electron chi connectivity index (χ1n) is 5.99. The Morgan fingerprint density at radius 1 is 1.28 bits per heavy atom. The van der Waals surface area contributed by atoms with Gasteiger partial charge in [0.15, 0.2) is 9.93 Å². The van der Waals surface area contributed by atoms with Gasteiger partial charge in [-0.25, -0.2) is 15.0 Å². The monoisotopic (exact) mass is 548 g/mol. The molecule has 0 radical (unpaired) electrons. The van der Waals surface area contributed by atoms with E-state index in [4.69, 9.17) is 22.3 Å². The van der Waals surface area contributed by atoms with Crippen LogP contribution in [0, 0.1) is 18.6 Å². The molecule has 12 heteroatoms. The summed E-state index contributed by atoms with van der Waals surface area (Å²) in [7, 11) is 0. The minimum atomic E-state index is -0.181. The molecule has 2 aromatic rings. The van der Waals surface area contributed by atoms with E-state index >= 15 is 0 Å². The minimum absolute atomic E-state index is 0. The van der Waals surface area contributed by atoms with E-state index in [9.17, 15) is 0 Å². The molecule has 2 rings (SSSR count). The van der Waals surface area contributed by atoms with Gasteiger partial charge < -0.3 is 16.6 Å². The molecule has 1 N–H and O–H groups in total. The first-order valence-corrected chi connectivity index (χ1v) is 9.78. The Morgan fingerprint density at radius 2 is 1.80 bits per heavy atom. The third kappa shape index (κ3) is 24.1. The number of H-pyrrole nitrogens is 1. The van der Waals surface area contributed by atoms with Crippen LogP contribution in [0.3, 0.4) is 0 Å². The molecule has 2 heterocycles. The molecule has 0 amide bonds. The Hall–Kier alpha value is 2.16. The molecule has 0 aliphatic rings. The molecule has 130 valence electrons. The van der Waals surface area contributed by atoms with Crippen LogP contribution >= 0.6 is 46.6 Å². The van der Waals surface area contributed by atoms with Gasteiger partial charge in [-0.3, -0.25) is 4.79 Å². The number of thioether (sulfide) groups is 1. The number of halogens is 1. The van der Waals surface area contributed by atoms with Crippen LogP contribution in [0.1, 0.15) is 12.8 Å². The van der Waals surface area contributed by atoms with Crippen LogP contribution in [-0.2, 0) is 9.68 Å². The van der Waals surface area contributed by atoms with E-state index < -0.39 is 0 Å². The number of carbonyl (C=O) groups is 1. The van der Waals surface area contributed by atoms with Crippen LogP contribution in [-0.4, -0.2) is 37.6 Å². The molecule has 25 heavy (non-hydrogen) atoms. The number of carbonyl (C=O) groups excluding carboxylic acids is 1. The third-order valence-electron chi connectivity index (χ3n) is 1.81. The molecule has 0 aliphatic heterocycles. The number of nitrogens with zero attached hydrogens (tertiary/aromatic N) is 3. The van der Waals surface area contributed by atoms with E-state index in [1.165, 1.54) is 0 Å². The molecule has 0 bridgehead atoms. The third-order valence-corrected chi connectivity index (χ3v) is 2.58. The number of hydrogen-bond acceptors (Lipinski definition) is 8. The van der Waals surface area contributed by atoms with Crippen LogP contribution in [0.5, 0.6) is 0 Å². The average molecular weight is 549 g/mol. The Bertz CT molecular complexity index is 615. The maximum Gasteiger partial charge on any atom is 1.00 e. The van der Waals surface area contributed by atoms with Crippen LogP contribution in [0.15, 0.2) is 29.7 Å². The molecule has 0 saturated heterocycles. The van der Waals surface area contributed by atoms with Crippen molar-refractivity contribution >= 4 is 53.0 Å². The molecule has 0 saturated carbocycles. The minimum Gasteiger partial charge on any atom is -1.00 e. The van der Waals surface area contributed by atoms with Gasteiger partial charge in [-0.05, 0) is 49.4 Å². The smallest absolute Gasteiger partial charge is 1.00 e. The van der Waals surface area contributed by atoms with Gasteiger partial charge in [-0.2, -0.15) is 0 Å². The van der Waals surface area contributed by atoms with Crippen molar-refractivity contribution in [1.82, 2.24) is 19.9 Å². The fourth-order valence-electron chi connectivity index (χ4n) is 0.984. The standard InChI is InChI=1S/C6H8N2S.C5H6N2S.CH3I.CH2O3.2K.H/c1-5-3-4-7-6(8-5)9-2;1-4-2-3-6-5(8)7-4;1-2;2-1-4-3;;;/h3-4H,1-2H3;2-3H,1H3,(H,6,7,8);1H3;1,3H;;;/q;;;;2*+1;-1/p-1. The number of nitrogens with one attached hydrogen (secondary N) is 1. The zero-order chi connectivity index (χ0) is 18.1. The normalized spacial score (nSPS) is 7.44. The van der Waals surface area contributed by atoms with Crippen molar-refractivity contribution in [2.45, 2.75) is 19.0 Å². The number of alkyl halides is 1. The molecular formula is C13H19IK2N4O3S2. The van der Waals surface area contributed by atoms with Gasteiger partial charge in [0.05, 0.1) is 0 Å². The molecule has 0 spiro atoms. The van der Waals surface area contributed by atoms with E-state index in [1.54, 1.807) is 24.2 Å². The fraction of sp³-hybridized carbons (Fsp3) is 0.308. The van der Waals surface area contributed by atoms with Gasteiger partial charge in [0.25, 0.3) is 6.47 Å². The van der Waals surface area contributed by atoms with Crippen molar-refractivity contribution in [1.29, 1.82) is 0 Å². The summed E-state index contributed by atoms with van der Waals surface area (Å²) in [6, 6.07) is 3.76. The molecular weight excluding hydrogens is 529 g/mol. The second kappa shape index (κ2) is 26.2. The summed E-state index contributed by atoms with van der Waals surface area (Å²) in [6.45, 7) is 3.72. The zero-order valence-electron chi connectivity index (χ0n) is 16.1. The predicted molar refractivity (Wildman–Crippen MR) is 101 cm³/mol. The van der Waals surface area contributed by atoms with E-state index in [-0.39, 0.29) is 111 Å². The van der Waals surface area contributed by atoms with E-state index in [0.717, 1.165) is 16.5 Å². The Balaban J connectivity index is -0.0000000806. The maximum absolute atomic E-state index is 8.64. The number of aromatic amines is 1. The van der Waals surface area contributed by atoms with Gasteiger partial charge in [0.1, 0.15) is 0 Å². The Morgan fingerprint density at radius 3 is 2.08 bits per heavy atom. The number of aryl methyl sites for hydroxylation is 2. The van der Waals surface area contributed by atoms with Crippen LogP contribution in [0.25, 0.3) is 0 Å². The maximum atomic E-state index is 8.64. The van der Waals surface area contributed by atoms with Crippen LogP contribution < -0.4 is 108 Å². The SMILES string of the molecule is CI.CSc1nccc(C)n1.Cc1ccnc(=S)[nH]1.O=CO[O-].[H-].[K+].[K+]. The van der Waals surface area contributed by atoms with Crippen molar-refractivity contribution in [3.05, 3.63) is 40.7 Å². The van der Waals surface area contributed by atoms with Crippen molar-refractivity contribution in [3.8, 4) is 0 Å². The summed E-state index contributed by atoms with van der Waals surface area (Å²) in [5.41, 5.74) is 2.07. The summed E-state index contributed by atoms with van der Waals surface area (Å²) in [5, 5.41) is 9.27. The Kier molecular flexibility index (Phi) is 36.3. The quantitative estimate of drug-likeness (QED) is 0.0476. The van der Waals surface area contributed by atoms with Crippen molar-refractivity contribution in [2.24, 2.45) is 0 Å². The molecule has 0 fully saturated rings. The van der Waals surface area contributed by atoms with Gasteiger partial charge in [0, 0.05) is 23.8 Å². The van der Waals surface area contributed by atoms with Gasteiger partial charge in [0.2, 0.25) is 0 Å². The molecule has 0 atom stereocenters. The number of aromatic nitrogens is 4. The first kappa shape index (κ1) is 34.7. The zero-order valence-corrected chi connectivity index (χ0v) is 25.2. The van der Waals surface area contributed by atoms with Gasteiger partial charge in [-0.1, -0.05) is 34.4 Å². The summed E-state index contributed by atoms with van der Waals surface area (Å²) < 4.78 is 0.546. The summed E-state index contributed by atoms with van der Waals surface area (Å²) in [5.74, 6) is 0. The first-order chi connectivity index (χ1) is 11.0. The molecule has 2 aromatic heterocycles. The van der Waals surface area contributed by atoms with Gasteiger partial charge in [-0.15, -0.1) is 0 Å². The van der Waals surface area contributed by atoms with Gasteiger partial charge >= 0.3 is 103 Å². The molecule has 0 aromatic carbocycles. The van der Waals surface area contributed by atoms with Crippen LogP contribution in [0.4, 0.5) is 0 Å². The van der Waals surface area contributed by atoms with E-state index in [1.807, 2.05) is 37.2 Å². The largest absolute Gasteiger partial charge is 1.00 e. The average Bonchev–Trinajstić information content (AvgIpc) is 2.57. The number of rotatable bonds is 2. The molecule has 0 unspecified atom stereocenters. The van der Waals surface area contributed by atoms with Crippen molar-refractivity contribution in [2.75, 3.05) is 11.2 Å². The van der Waals surface area contributed by atoms with E-state index in [2.05, 4.69) is 47.4 Å². The second-order valence-electron chi connectivity index (χ2n) is 3.44. The fourth-order valence-corrected chi connectivity index (χ4v) is 1.61. The summed E-state index contributed by atoms with van der Waals surface area (Å²) >= 11 is 8.44. The Labute approximate surface area is 257 Å².